The Labute approximate surface area is 119 Å². The van der Waals surface area contributed by atoms with E-state index in [2.05, 4.69) is 34.5 Å². The van der Waals surface area contributed by atoms with Gasteiger partial charge in [0.2, 0.25) is 11.8 Å². The third kappa shape index (κ3) is 3.58. The molecule has 1 aromatic heterocycles. The molecule has 1 aliphatic heterocycles. The average molecular weight is 280 g/mol. The van der Waals surface area contributed by atoms with E-state index in [0.29, 0.717) is 12.4 Å². The largest absolute Gasteiger partial charge is 0.338 e. The Morgan fingerprint density at radius 2 is 2.35 bits per heavy atom. The summed E-state index contributed by atoms with van der Waals surface area (Å²) in [6.45, 7) is 11.4. The van der Waals surface area contributed by atoms with Gasteiger partial charge in [-0.3, -0.25) is 15.0 Å². The standard InChI is InChI=1S/C14H24N4O2/c1-10(2)11-7-13(20-17-11)16-12(19)8-18-6-5-15-9-14(18,3)4/h7,10,15H,5-6,8-9H2,1-4H3,(H,16,19). The summed E-state index contributed by atoms with van der Waals surface area (Å²) >= 11 is 0. The maximum atomic E-state index is 12.1. The molecule has 20 heavy (non-hydrogen) atoms. The monoisotopic (exact) mass is 280 g/mol. The Bertz CT molecular complexity index is 467. The van der Waals surface area contributed by atoms with Gasteiger partial charge < -0.3 is 9.84 Å². The molecule has 1 amide bonds. The van der Waals surface area contributed by atoms with Crippen molar-refractivity contribution in [3.05, 3.63) is 11.8 Å². The molecule has 0 aromatic carbocycles. The SMILES string of the molecule is CC(C)c1cc(NC(=O)CN2CCNCC2(C)C)on1. The number of amides is 1. The molecule has 0 saturated carbocycles. The van der Waals surface area contributed by atoms with Crippen LogP contribution in [0.15, 0.2) is 10.6 Å². The lowest BCUT2D eigenvalue weighted by atomic mass is 10.0. The molecule has 6 nitrogen and oxygen atoms in total. The summed E-state index contributed by atoms with van der Waals surface area (Å²) in [6.07, 6.45) is 0. The topological polar surface area (TPSA) is 70.4 Å². The van der Waals surface area contributed by atoms with E-state index in [1.54, 1.807) is 6.07 Å². The summed E-state index contributed by atoms with van der Waals surface area (Å²) in [6, 6.07) is 1.78. The van der Waals surface area contributed by atoms with Crippen LogP contribution in [0.5, 0.6) is 0 Å². The predicted molar refractivity (Wildman–Crippen MR) is 77.7 cm³/mol. The van der Waals surface area contributed by atoms with Gasteiger partial charge in [-0.25, -0.2) is 0 Å². The van der Waals surface area contributed by atoms with Crippen LogP contribution in [-0.2, 0) is 4.79 Å². The van der Waals surface area contributed by atoms with Crippen LogP contribution in [0.3, 0.4) is 0 Å². The smallest absolute Gasteiger partial charge is 0.240 e. The van der Waals surface area contributed by atoms with Gasteiger partial charge in [0.25, 0.3) is 0 Å². The summed E-state index contributed by atoms with van der Waals surface area (Å²) in [4.78, 5) is 14.3. The van der Waals surface area contributed by atoms with Crippen molar-refractivity contribution in [3.8, 4) is 0 Å². The highest BCUT2D eigenvalue weighted by molar-refractivity contribution is 5.91. The fraction of sp³-hybridized carbons (Fsp3) is 0.714. The molecule has 0 bridgehead atoms. The van der Waals surface area contributed by atoms with E-state index in [0.717, 1.165) is 25.3 Å². The number of piperazine rings is 1. The zero-order chi connectivity index (χ0) is 14.8. The molecule has 2 N–H and O–H groups in total. The van der Waals surface area contributed by atoms with Crippen LogP contribution in [-0.4, -0.2) is 47.7 Å². The second-order valence-corrected chi connectivity index (χ2v) is 6.23. The molecule has 6 heteroatoms. The van der Waals surface area contributed by atoms with Gasteiger partial charge in [-0.05, 0) is 19.8 Å². The molecule has 1 fully saturated rings. The van der Waals surface area contributed by atoms with Crippen LogP contribution in [0.4, 0.5) is 5.88 Å². The van der Waals surface area contributed by atoms with E-state index in [1.807, 2.05) is 13.8 Å². The number of aromatic nitrogens is 1. The van der Waals surface area contributed by atoms with Gasteiger partial charge >= 0.3 is 0 Å². The van der Waals surface area contributed by atoms with Crippen molar-refractivity contribution in [2.45, 2.75) is 39.2 Å². The Balaban J connectivity index is 1.91. The highest BCUT2D eigenvalue weighted by atomic mass is 16.5. The van der Waals surface area contributed by atoms with Crippen LogP contribution in [0.25, 0.3) is 0 Å². The molecule has 1 aliphatic rings. The Morgan fingerprint density at radius 1 is 1.60 bits per heavy atom. The van der Waals surface area contributed by atoms with Crippen LogP contribution < -0.4 is 10.6 Å². The first-order valence-electron chi connectivity index (χ1n) is 7.11. The van der Waals surface area contributed by atoms with E-state index in [9.17, 15) is 4.79 Å². The third-order valence-corrected chi connectivity index (χ3v) is 3.69. The molecular weight excluding hydrogens is 256 g/mol. The maximum Gasteiger partial charge on any atom is 0.240 e. The van der Waals surface area contributed by atoms with Crippen molar-refractivity contribution in [1.29, 1.82) is 0 Å². The van der Waals surface area contributed by atoms with Gasteiger partial charge in [0.1, 0.15) is 0 Å². The normalized spacial score (nSPS) is 19.2. The van der Waals surface area contributed by atoms with E-state index in [4.69, 9.17) is 4.52 Å². The lowest BCUT2D eigenvalue weighted by Gasteiger charge is -2.42. The molecule has 112 valence electrons. The number of carbonyl (C=O) groups is 1. The predicted octanol–water partition coefficient (Wildman–Crippen LogP) is 1.42. The van der Waals surface area contributed by atoms with Crippen LogP contribution in [0, 0.1) is 0 Å². The highest BCUT2D eigenvalue weighted by Crippen LogP contribution is 2.18. The van der Waals surface area contributed by atoms with Gasteiger partial charge in [0, 0.05) is 31.2 Å². The fourth-order valence-electron chi connectivity index (χ4n) is 2.29. The molecule has 0 radical (unpaired) electrons. The molecular formula is C14H24N4O2. The zero-order valence-electron chi connectivity index (χ0n) is 12.7. The van der Waals surface area contributed by atoms with Crippen molar-refractivity contribution < 1.29 is 9.32 Å². The molecule has 0 aliphatic carbocycles. The van der Waals surface area contributed by atoms with Crippen LogP contribution >= 0.6 is 0 Å². The van der Waals surface area contributed by atoms with Gasteiger partial charge in [-0.1, -0.05) is 19.0 Å². The highest BCUT2D eigenvalue weighted by Gasteiger charge is 2.30. The second-order valence-electron chi connectivity index (χ2n) is 6.23. The van der Waals surface area contributed by atoms with Gasteiger partial charge in [0.15, 0.2) is 0 Å². The number of hydrogen-bond donors (Lipinski definition) is 2. The van der Waals surface area contributed by atoms with Gasteiger partial charge in [-0.15, -0.1) is 0 Å². The minimum atomic E-state index is -0.0635. The number of nitrogens with one attached hydrogen (secondary N) is 2. The minimum absolute atomic E-state index is 0.0138. The fourth-order valence-corrected chi connectivity index (χ4v) is 2.29. The van der Waals surface area contributed by atoms with Crippen LogP contribution in [0.2, 0.25) is 0 Å². The number of nitrogens with zero attached hydrogens (tertiary/aromatic N) is 2. The van der Waals surface area contributed by atoms with E-state index < -0.39 is 0 Å². The molecule has 0 atom stereocenters. The van der Waals surface area contributed by atoms with E-state index in [-0.39, 0.29) is 17.4 Å². The molecule has 0 unspecified atom stereocenters. The lowest BCUT2D eigenvalue weighted by Crippen LogP contribution is -2.59. The molecule has 1 saturated heterocycles. The van der Waals surface area contributed by atoms with Crippen molar-refractivity contribution in [3.63, 3.8) is 0 Å². The first kappa shape index (κ1) is 15.0. The van der Waals surface area contributed by atoms with Crippen molar-refractivity contribution in [1.82, 2.24) is 15.4 Å². The van der Waals surface area contributed by atoms with Crippen molar-refractivity contribution in [2.24, 2.45) is 0 Å². The summed E-state index contributed by atoms with van der Waals surface area (Å²) in [5.74, 6) is 0.648. The summed E-state index contributed by atoms with van der Waals surface area (Å²) < 4.78 is 5.12. The van der Waals surface area contributed by atoms with Crippen molar-refractivity contribution >= 4 is 11.8 Å². The first-order chi connectivity index (χ1) is 9.38. The van der Waals surface area contributed by atoms with Gasteiger partial charge in [0.05, 0.1) is 12.2 Å². The second kappa shape index (κ2) is 5.93. The van der Waals surface area contributed by atoms with Crippen molar-refractivity contribution in [2.75, 3.05) is 31.5 Å². The molecule has 2 rings (SSSR count). The third-order valence-electron chi connectivity index (χ3n) is 3.69. The lowest BCUT2D eigenvalue weighted by molar-refractivity contribution is -0.119. The summed E-state index contributed by atoms with van der Waals surface area (Å²) in [7, 11) is 0. The van der Waals surface area contributed by atoms with Gasteiger partial charge in [-0.2, -0.15) is 0 Å². The number of anilines is 1. The summed E-state index contributed by atoms with van der Waals surface area (Å²) in [5, 5.41) is 10.0. The van der Waals surface area contributed by atoms with E-state index in [1.165, 1.54) is 0 Å². The zero-order valence-corrected chi connectivity index (χ0v) is 12.7. The number of carbonyl (C=O) groups excluding carboxylic acids is 1. The Morgan fingerprint density at radius 3 is 2.95 bits per heavy atom. The number of rotatable bonds is 4. The average Bonchev–Trinajstić information content (AvgIpc) is 2.80. The first-order valence-corrected chi connectivity index (χ1v) is 7.11. The molecule has 1 aromatic rings. The molecule has 2 heterocycles. The quantitative estimate of drug-likeness (QED) is 0.873. The Hall–Kier alpha value is -1.40. The minimum Gasteiger partial charge on any atom is -0.338 e. The van der Waals surface area contributed by atoms with Crippen LogP contribution in [0.1, 0.15) is 39.3 Å². The van der Waals surface area contributed by atoms with E-state index >= 15 is 0 Å². The maximum absolute atomic E-state index is 12.1. The number of hydrogen-bond acceptors (Lipinski definition) is 5. The Kier molecular flexibility index (Phi) is 4.45. The molecule has 0 spiro atoms. The summed E-state index contributed by atoms with van der Waals surface area (Å²) in [5.41, 5.74) is 0.836.